The van der Waals surface area contributed by atoms with E-state index >= 15 is 0 Å². The number of benzene rings is 2. The van der Waals surface area contributed by atoms with E-state index in [4.69, 9.17) is 14.5 Å². The number of amides is 1. The number of methoxy groups -OCH3 is 1. The van der Waals surface area contributed by atoms with Gasteiger partial charge in [0.2, 0.25) is 0 Å². The Morgan fingerprint density at radius 1 is 1.02 bits per heavy atom. The van der Waals surface area contributed by atoms with Crippen molar-refractivity contribution in [3.05, 3.63) is 76.5 Å². The molecule has 3 fully saturated rings. The van der Waals surface area contributed by atoms with Gasteiger partial charge in [-0.15, -0.1) is 0 Å². The van der Waals surface area contributed by atoms with Gasteiger partial charge < -0.3 is 19.5 Å². The number of ether oxygens (including phenoxy) is 2. The average Bonchev–Trinajstić information content (AvgIpc) is 3.31. The molecule has 1 saturated carbocycles. The molecule has 0 bridgehead atoms. The summed E-state index contributed by atoms with van der Waals surface area (Å²) < 4.78 is 79.8. The molecule has 0 unspecified atom stereocenters. The summed E-state index contributed by atoms with van der Waals surface area (Å²) in [6, 6.07) is 12.0. The van der Waals surface area contributed by atoms with Crippen LogP contribution < -0.4 is 9.64 Å². The second-order valence-electron chi connectivity index (χ2n) is 13.0. The fourth-order valence-electron chi connectivity index (χ4n) is 7.03. The normalized spacial score (nSPS) is 23.9. The molecule has 3 heterocycles. The Labute approximate surface area is 274 Å². The lowest BCUT2D eigenvalue weighted by atomic mass is 9.78. The highest BCUT2D eigenvalue weighted by Gasteiger charge is 2.45. The predicted octanol–water partition coefficient (Wildman–Crippen LogP) is 7.98. The fraction of sp³-hybridized carbons (Fsp3) is 0.457. The van der Waals surface area contributed by atoms with Gasteiger partial charge >= 0.3 is 18.2 Å². The highest BCUT2D eigenvalue weighted by Crippen LogP contribution is 2.43. The lowest BCUT2D eigenvalue weighted by Crippen LogP contribution is -2.56. The van der Waals surface area contributed by atoms with Gasteiger partial charge in [0.15, 0.2) is 0 Å². The van der Waals surface area contributed by atoms with Crippen molar-refractivity contribution < 1.29 is 46.1 Å². The van der Waals surface area contributed by atoms with Crippen LogP contribution in [0.3, 0.4) is 0 Å². The SMILES string of the molecule is COc1ccc(C2CCC(C(=O)O)CC2)cc1-c1ccc(N2CC(F)(F)C2)nc1CN1C(=O)O[C@H](c2cc(C)cc(C(F)(F)F)c2)[C@@H]1C. The number of cyclic esters (lactones) is 1. The third-order valence-corrected chi connectivity index (χ3v) is 9.66. The molecule has 1 amide bonds. The van der Waals surface area contributed by atoms with Gasteiger partial charge in [0, 0.05) is 11.1 Å². The molecule has 2 aliphatic heterocycles. The van der Waals surface area contributed by atoms with Gasteiger partial charge in [-0.2, -0.15) is 13.2 Å². The number of anilines is 1. The van der Waals surface area contributed by atoms with Crippen LogP contribution in [0.4, 0.5) is 32.6 Å². The smallest absolute Gasteiger partial charge is 0.416 e. The summed E-state index contributed by atoms with van der Waals surface area (Å²) in [7, 11) is 1.52. The molecule has 2 saturated heterocycles. The van der Waals surface area contributed by atoms with Crippen molar-refractivity contribution in [2.24, 2.45) is 5.92 Å². The first-order valence-electron chi connectivity index (χ1n) is 15.8. The van der Waals surface area contributed by atoms with Crippen LogP contribution in [0.25, 0.3) is 11.1 Å². The Hall–Kier alpha value is -4.42. The number of hydrogen-bond acceptors (Lipinski definition) is 6. The van der Waals surface area contributed by atoms with E-state index in [0.29, 0.717) is 59.6 Å². The van der Waals surface area contributed by atoms with Gasteiger partial charge in [0.25, 0.3) is 5.92 Å². The molecule has 3 aromatic rings. The summed E-state index contributed by atoms with van der Waals surface area (Å²) in [5.74, 6) is -3.08. The summed E-state index contributed by atoms with van der Waals surface area (Å²) in [6.45, 7) is 2.10. The van der Waals surface area contributed by atoms with Crippen molar-refractivity contribution in [1.29, 1.82) is 0 Å². The monoisotopic (exact) mass is 673 g/mol. The molecule has 2 atom stereocenters. The van der Waals surface area contributed by atoms with Crippen molar-refractivity contribution in [2.45, 2.75) is 76.2 Å². The summed E-state index contributed by atoms with van der Waals surface area (Å²) in [5, 5.41) is 9.44. The van der Waals surface area contributed by atoms with Crippen LogP contribution in [0.15, 0.2) is 48.5 Å². The number of nitrogens with zero attached hydrogens (tertiary/aromatic N) is 3. The number of rotatable bonds is 8. The van der Waals surface area contributed by atoms with E-state index in [1.54, 1.807) is 25.1 Å². The fourth-order valence-corrected chi connectivity index (χ4v) is 7.03. The van der Waals surface area contributed by atoms with Crippen LogP contribution in [-0.2, 0) is 22.3 Å². The minimum atomic E-state index is -4.58. The number of alkyl halides is 5. The molecule has 0 radical (unpaired) electrons. The summed E-state index contributed by atoms with van der Waals surface area (Å²) in [4.78, 5) is 32.4. The van der Waals surface area contributed by atoms with Crippen molar-refractivity contribution in [1.82, 2.24) is 9.88 Å². The lowest BCUT2D eigenvalue weighted by Gasteiger charge is -2.39. The highest BCUT2D eigenvalue weighted by atomic mass is 19.4. The van der Waals surface area contributed by atoms with E-state index in [0.717, 1.165) is 17.7 Å². The van der Waals surface area contributed by atoms with Gasteiger partial charge in [0.05, 0.1) is 50.0 Å². The van der Waals surface area contributed by atoms with Gasteiger partial charge in [-0.3, -0.25) is 9.69 Å². The summed E-state index contributed by atoms with van der Waals surface area (Å²) in [6.07, 6.45) is -3.80. The van der Waals surface area contributed by atoms with E-state index in [1.807, 2.05) is 18.2 Å². The van der Waals surface area contributed by atoms with Crippen molar-refractivity contribution in [3.63, 3.8) is 0 Å². The molecule has 6 rings (SSSR count). The standard InChI is InChI=1S/C35H36F5N3O5/c1-19-12-24(14-25(13-19)35(38,39)40)31-20(2)43(33(46)48-31)16-28-26(9-11-30(41-28)42-17-34(36,37)18-42)27-15-23(8-10-29(27)47-3)21-4-6-22(7-5-21)32(44)45/h8-15,20-22,31H,4-7,16-18H2,1-3H3,(H,44,45)/t20-,21?,22?,31-/m0/s1. The molecule has 2 aromatic carbocycles. The predicted molar refractivity (Wildman–Crippen MR) is 166 cm³/mol. The molecular formula is C35H36F5N3O5. The zero-order valence-corrected chi connectivity index (χ0v) is 26.7. The van der Waals surface area contributed by atoms with Crippen molar-refractivity contribution in [2.75, 3.05) is 25.1 Å². The van der Waals surface area contributed by atoms with Crippen LogP contribution in [0, 0.1) is 12.8 Å². The largest absolute Gasteiger partial charge is 0.496 e. The highest BCUT2D eigenvalue weighted by molar-refractivity contribution is 5.76. The van der Waals surface area contributed by atoms with Gasteiger partial charge in [-0.25, -0.2) is 18.6 Å². The third-order valence-electron chi connectivity index (χ3n) is 9.66. The maximum atomic E-state index is 13.8. The van der Waals surface area contributed by atoms with Crippen LogP contribution in [-0.4, -0.2) is 59.2 Å². The molecule has 48 heavy (non-hydrogen) atoms. The van der Waals surface area contributed by atoms with Crippen molar-refractivity contribution >= 4 is 17.9 Å². The number of carbonyl (C=O) groups is 2. The average molecular weight is 674 g/mol. The minimum absolute atomic E-state index is 0.112. The van der Waals surface area contributed by atoms with Gasteiger partial charge in [0.1, 0.15) is 17.7 Å². The summed E-state index contributed by atoms with van der Waals surface area (Å²) >= 11 is 0. The molecule has 13 heteroatoms. The zero-order chi connectivity index (χ0) is 34.5. The number of carboxylic acid groups (broad SMARTS) is 1. The third kappa shape index (κ3) is 6.64. The first kappa shape index (κ1) is 33.5. The second kappa shape index (κ2) is 12.6. The Morgan fingerprint density at radius 3 is 2.35 bits per heavy atom. The molecular weight excluding hydrogens is 637 g/mol. The number of aryl methyl sites for hydroxylation is 1. The number of halogens is 5. The minimum Gasteiger partial charge on any atom is -0.496 e. The Balaban J connectivity index is 1.35. The van der Waals surface area contributed by atoms with Gasteiger partial charge in [-0.05, 0) is 93.0 Å². The number of hydrogen-bond donors (Lipinski definition) is 1. The first-order chi connectivity index (χ1) is 22.6. The Bertz CT molecular complexity index is 1720. The number of pyridine rings is 1. The number of carboxylic acids is 1. The summed E-state index contributed by atoms with van der Waals surface area (Å²) in [5.41, 5.74) is 2.34. The maximum Gasteiger partial charge on any atom is 0.416 e. The van der Waals surface area contributed by atoms with E-state index in [1.165, 1.54) is 23.8 Å². The zero-order valence-electron chi connectivity index (χ0n) is 26.7. The van der Waals surface area contributed by atoms with E-state index < -0.39 is 55.0 Å². The van der Waals surface area contributed by atoms with Crippen LogP contribution in [0.1, 0.15) is 72.6 Å². The van der Waals surface area contributed by atoms with E-state index in [-0.39, 0.29) is 23.9 Å². The van der Waals surface area contributed by atoms with Crippen LogP contribution in [0.5, 0.6) is 5.75 Å². The number of aliphatic carboxylic acids is 1. The second-order valence-corrected chi connectivity index (χ2v) is 13.0. The lowest BCUT2D eigenvalue weighted by molar-refractivity contribution is -0.143. The Morgan fingerprint density at radius 2 is 1.73 bits per heavy atom. The maximum absolute atomic E-state index is 13.8. The Kier molecular flexibility index (Phi) is 8.76. The topological polar surface area (TPSA) is 92.2 Å². The van der Waals surface area contributed by atoms with E-state index in [9.17, 15) is 36.6 Å². The van der Waals surface area contributed by atoms with E-state index in [2.05, 4.69) is 0 Å². The molecule has 0 spiro atoms. The molecule has 1 aromatic heterocycles. The van der Waals surface area contributed by atoms with Gasteiger partial charge in [-0.1, -0.05) is 17.7 Å². The van der Waals surface area contributed by atoms with Crippen molar-refractivity contribution in [3.8, 4) is 16.9 Å². The molecule has 1 aliphatic carbocycles. The first-order valence-corrected chi connectivity index (χ1v) is 15.8. The number of aromatic nitrogens is 1. The quantitative estimate of drug-likeness (QED) is 0.243. The molecule has 8 nitrogen and oxygen atoms in total. The number of carbonyl (C=O) groups excluding carboxylic acids is 1. The van der Waals surface area contributed by atoms with Crippen LogP contribution >= 0.6 is 0 Å². The van der Waals surface area contributed by atoms with Crippen LogP contribution in [0.2, 0.25) is 0 Å². The molecule has 1 N–H and O–H groups in total. The molecule has 3 aliphatic rings. The molecule has 256 valence electrons.